The van der Waals surface area contributed by atoms with Gasteiger partial charge in [0.1, 0.15) is 23.9 Å². The van der Waals surface area contributed by atoms with Gasteiger partial charge in [-0.1, -0.05) is 46.2 Å². The maximum atomic E-state index is 13.3. The zero-order valence-electron chi connectivity index (χ0n) is 23.0. The molecule has 0 aliphatic heterocycles. The molecule has 5 unspecified atom stereocenters. The molecule has 1 aromatic carbocycles. The number of phenols is 1. The number of carboxylic acid groups (broad SMARTS) is 1. The fourth-order valence-electron chi connectivity index (χ4n) is 3.63. The molecule has 0 heterocycles. The molecule has 5 atom stereocenters. The molecule has 39 heavy (non-hydrogen) atoms. The van der Waals surface area contributed by atoms with Crippen LogP contribution in [0.3, 0.4) is 0 Å². The summed E-state index contributed by atoms with van der Waals surface area (Å²) in [5.74, 6) is -3.65. The molecule has 218 valence electrons. The van der Waals surface area contributed by atoms with Gasteiger partial charge in [-0.25, -0.2) is 4.79 Å². The molecule has 1 rings (SSSR count). The predicted molar refractivity (Wildman–Crippen MR) is 147 cm³/mol. The molecule has 0 bridgehead atoms. The van der Waals surface area contributed by atoms with E-state index in [0.717, 1.165) is 0 Å². The summed E-state index contributed by atoms with van der Waals surface area (Å²) >= 11 is 0. The number of carbonyl (C=O) groups is 4. The zero-order valence-corrected chi connectivity index (χ0v) is 23.0. The van der Waals surface area contributed by atoms with Gasteiger partial charge in [0.2, 0.25) is 17.7 Å². The minimum Gasteiger partial charge on any atom is -0.508 e. The minimum absolute atomic E-state index is 0.0287. The van der Waals surface area contributed by atoms with Crippen molar-refractivity contribution in [3.63, 3.8) is 0 Å². The monoisotopic (exact) mass is 549 g/mol. The smallest absolute Gasteiger partial charge is 0.326 e. The maximum Gasteiger partial charge on any atom is 0.326 e. The number of aromatic hydroxyl groups is 1. The van der Waals surface area contributed by atoms with Crippen LogP contribution in [0.4, 0.5) is 0 Å². The molecule has 0 radical (unpaired) electrons. The van der Waals surface area contributed by atoms with Gasteiger partial charge in [-0.2, -0.15) is 0 Å². The summed E-state index contributed by atoms with van der Waals surface area (Å²) in [4.78, 5) is 54.9. The van der Waals surface area contributed by atoms with Crippen molar-refractivity contribution in [3.05, 3.63) is 29.8 Å². The van der Waals surface area contributed by atoms with Gasteiger partial charge in [-0.05, 0) is 42.4 Å². The van der Waals surface area contributed by atoms with E-state index in [2.05, 4.69) is 20.9 Å². The highest BCUT2D eigenvalue weighted by Crippen LogP contribution is 2.14. The summed E-state index contributed by atoms with van der Waals surface area (Å²) in [6.45, 7) is 7.36. The number of amides is 3. The number of aliphatic imine (C=N–C) groups is 1. The Morgan fingerprint density at radius 2 is 1.51 bits per heavy atom. The number of carbonyl (C=O) groups excluding carboxylic acids is 3. The largest absolute Gasteiger partial charge is 0.508 e. The van der Waals surface area contributed by atoms with Gasteiger partial charge in [0.25, 0.3) is 0 Å². The van der Waals surface area contributed by atoms with E-state index < -0.39 is 47.9 Å². The number of hydrogen-bond acceptors (Lipinski definition) is 7. The zero-order chi connectivity index (χ0) is 29.7. The van der Waals surface area contributed by atoms with Crippen molar-refractivity contribution in [2.24, 2.45) is 34.0 Å². The Hall–Kier alpha value is -3.87. The second kappa shape index (κ2) is 16.2. The summed E-state index contributed by atoms with van der Waals surface area (Å²) in [6, 6.07) is 1.75. The van der Waals surface area contributed by atoms with Crippen molar-refractivity contribution in [1.82, 2.24) is 16.0 Å². The highest BCUT2D eigenvalue weighted by molar-refractivity contribution is 5.94. The van der Waals surface area contributed by atoms with Crippen LogP contribution in [-0.2, 0) is 25.6 Å². The standard InChI is InChI=1S/C26H43N7O6/c1-5-15(4)21(24(37)32-19(25(38)39)13-16-8-10-17(34)11-9-16)33-22(35)18(7-6-12-30-26(28)29)31-23(36)20(27)14(2)3/h8-11,14-15,18-21,34H,5-7,12-13,27H2,1-4H3,(H,31,36)(H,32,37)(H,33,35)(H,38,39)(H4,28,29,30). The lowest BCUT2D eigenvalue weighted by Gasteiger charge is -2.28. The lowest BCUT2D eigenvalue weighted by molar-refractivity contribution is -0.142. The first-order valence-electron chi connectivity index (χ1n) is 13.0. The minimum atomic E-state index is -1.27. The number of benzene rings is 1. The van der Waals surface area contributed by atoms with E-state index in [1.807, 2.05) is 6.92 Å². The molecule has 0 saturated carbocycles. The van der Waals surface area contributed by atoms with E-state index >= 15 is 0 Å². The summed E-state index contributed by atoms with van der Waals surface area (Å²) in [5.41, 5.74) is 17.2. The first-order valence-corrected chi connectivity index (χ1v) is 13.0. The molecule has 13 heteroatoms. The Kier molecular flexibility index (Phi) is 13.7. The van der Waals surface area contributed by atoms with Gasteiger partial charge in [0.05, 0.1) is 6.04 Å². The molecule has 3 amide bonds. The van der Waals surface area contributed by atoms with E-state index in [1.165, 1.54) is 12.1 Å². The van der Waals surface area contributed by atoms with Crippen LogP contribution in [0.5, 0.6) is 5.75 Å². The van der Waals surface area contributed by atoms with Crippen LogP contribution in [-0.4, -0.2) is 70.6 Å². The van der Waals surface area contributed by atoms with Gasteiger partial charge >= 0.3 is 5.97 Å². The first-order chi connectivity index (χ1) is 18.3. The molecule has 0 aliphatic carbocycles. The van der Waals surface area contributed by atoms with Crippen LogP contribution < -0.4 is 33.2 Å². The third kappa shape index (κ3) is 11.6. The van der Waals surface area contributed by atoms with E-state index in [4.69, 9.17) is 17.2 Å². The van der Waals surface area contributed by atoms with E-state index in [1.54, 1.807) is 32.9 Å². The molecule has 0 aliphatic rings. The molecule has 0 fully saturated rings. The third-order valence-electron chi connectivity index (χ3n) is 6.38. The fraction of sp³-hybridized carbons (Fsp3) is 0.577. The molecule has 0 saturated heterocycles. The number of guanidine groups is 1. The number of carboxylic acids is 1. The Labute approximate surface area is 229 Å². The quantitative estimate of drug-likeness (QED) is 0.0756. The summed E-state index contributed by atoms with van der Waals surface area (Å²) < 4.78 is 0. The SMILES string of the molecule is CCC(C)C(NC(=O)C(CCCN=C(N)N)NC(=O)C(N)C(C)C)C(=O)NC(Cc1ccc(O)cc1)C(=O)O. The van der Waals surface area contributed by atoms with Crippen LogP contribution >= 0.6 is 0 Å². The second-order valence-corrected chi connectivity index (χ2v) is 9.92. The average Bonchev–Trinajstić information content (AvgIpc) is 2.88. The summed E-state index contributed by atoms with van der Waals surface area (Å²) in [7, 11) is 0. The van der Waals surface area contributed by atoms with Crippen LogP contribution in [0.15, 0.2) is 29.3 Å². The van der Waals surface area contributed by atoms with Gasteiger partial charge in [0.15, 0.2) is 5.96 Å². The lowest BCUT2D eigenvalue weighted by Crippen LogP contribution is -2.59. The average molecular weight is 550 g/mol. The van der Waals surface area contributed by atoms with E-state index in [-0.39, 0.29) is 42.9 Å². The summed E-state index contributed by atoms with van der Waals surface area (Å²) in [6.07, 6.45) is 1.01. The fourth-order valence-corrected chi connectivity index (χ4v) is 3.63. The second-order valence-electron chi connectivity index (χ2n) is 9.92. The van der Waals surface area contributed by atoms with Crippen molar-refractivity contribution in [2.45, 2.75) is 77.5 Å². The van der Waals surface area contributed by atoms with Crippen LogP contribution in [0, 0.1) is 11.8 Å². The van der Waals surface area contributed by atoms with Gasteiger partial charge in [0, 0.05) is 13.0 Å². The number of aliphatic carboxylic acids is 1. The maximum absolute atomic E-state index is 13.3. The van der Waals surface area contributed by atoms with Crippen LogP contribution in [0.2, 0.25) is 0 Å². The highest BCUT2D eigenvalue weighted by atomic mass is 16.4. The predicted octanol–water partition coefficient (Wildman–Crippen LogP) is -0.443. The number of phenolic OH excluding ortho intramolecular Hbond substituents is 1. The molecule has 0 spiro atoms. The van der Waals surface area contributed by atoms with Crippen molar-refractivity contribution in [1.29, 1.82) is 0 Å². The highest BCUT2D eigenvalue weighted by Gasteiger charge is 2.33. The van der Waals surface area contributed by atoms with Gasteiger partial charge in [-0.3, -0.25) is 19.4 Å². The van der Waals surface area contributed by atoms with Gasteiger partial charge in [-0.15, -0.1) is 0 Å². The first kappa shape index (κ1) is 33.2. The topological polar surface area (TPSA) is 235 Å². The number of hydrogen-bond donors (Lipinski definition) is 8. The summed E-state index contributed by atoms with van der Waals surface area (Å²) in [5, 5.41) is 27.0. The van der Waals surface area contributed by atoms with Crippen molar-refractivity contribution in [3.8, 4) is 5.75 Å². The Morgan fingerprint density at radius 1 is 0.923 bits per heavy atom. The Morgan fingerprint density at radius 3 is 2.03 bits per heavy atom. The lowest BCUT2D eigenvalue weighted by atomic mass is 9.96. The van der Waals surface area contributed by atoms with Gasteiger partial charge < -0.3 is 43.4 Å². The van der Waals surface area contributed by atoms with E-state index in [9.17, 15) is 29.4 Å². The molecular formula is C26H43N7O6. The normalized spacial score (nSPS) is 14.8. The van der Waals surface area contributed by atoms with E-state index in [0.29, 0.717) is 18.4 Å². The third-order valence-corrected chi connectivity index (χ3v) is 6.38. The van der Waals surface area contributed by atoms with Crippen LogP contribution in [0.25, 0.3) is 0 Å². The van der Waals surface area contributed by atoms with Crippen molar-refractivity contribution < 1.29 is 29.4 Å². The molecule has 1 aromatic rings. The van der Waals surface area contributed by atoms with Crippen molar-refractivity contribution >= 4 is 29.7 Å². The Balaban J connectivity index is 3.08. The molecule has 13 nitrogen and oxygen atoms in total. The molecule has 0 aromatic heterocycles. The number of nitrogens with two attached hydrogens (primary N) is 3. The Bertz CT molecular complexity index is 995. The molecule has 11 N–H and O–H groups in total. The molecular weight excluding hydrogens is 506 g/mol. The number of nitrogens with zero attached hydrogens (tertiary/aromatic N) is 1. The van der Waals surface area contributed by atoms with Crippen molar-refractivity contribution in [2.75, 3.05) is 6.54 Å². The number of rotatable bonds is 16. The number of nitrogens with one attached hydrogen (secondary N) is 3. The van der Waals surface area contributed by atoms with Crippen LogP contribution in [0.1, 0.15) is 52.5 Å².